The molecule has 0 heterocycles. The van der Waals surface area contributed by atoms with Gasteiger partial charge in [-0.1, -0.05) is 31.9 Å². The van der Waals surface area contributed by atoms with E-state index in [9.17, 15) is 14.7 Å². The third-order valence-corrected chi connectivity index (χ3v) is 3.59. The van der Waals surface area contributed by atoms with Gasteiger partial charge in [0.1, 0.15) is 0 Å². The van der Waals surface area contributed by atoms with Gasteiger partial charge in [0.05, 0.1) is 6.61 Å². The van der Waals surface area contributed by atoms with Crippen molar-refractivity contribution in [3.8, 4) is 0 Å². The van der Waals surface area contributed by atoms with Gasteiger partial charge in [0.15, 0.2) is 5.92 Å². The van der Waals surface area contributed by atoms with E-state index in [0.29, 0.717) is 14.5 Å². The summed E-state index contributed by atoms with van der Waals surface area (Å²) in [6.07, 6.45) is 0. The van der Waals surface area contributed by atoms with Crippen LogP contribution in [0.2, 0.25) is 0 Å². The fraction of sp³-hybridized carbons (Fsp3) is 0.333. The van der Waals surface area contributed by atoms with E-state index in [2.05, 4.69) is 31.9 Å². The summed E-state index contributed by atoms with van der Waals surface area (Å²) >= 11 is 6.57. The number of ether oxygens (including phenoxy) is 1. The number of aliphatic carboxylic acids is 1. The molecule has 0 aliphatic rings. The minimum atomic E-state index is -1.34. The van der Waals surface area contributed by atoms with Crippen LogP contribution in [0.3, 0.4) is 0 Å². The van der Waals surface area contributed by atoms with E-state index in [1.165, 1.54) is 0 Å². The Labute approximate surface area is 122 Å². The van der Waals surface area contributed by atoms with Gasteiger partial charge < -0.3 is 9.84 Å². The lowest BCUT2D eigenvalue weighted by Crippen LogP contribution is -2.24. The van der Waals surface area contributed by atoms with Gasteiger partial charge in [0.25, 0.3) is 0 Å². The van der Waals surface area contributed by atoms with Crippen LogP contribution in [0.4, 0.5) is 0 Å². The van der Waals surface area contributed by atoms with Crippen LogP contribution in [0.15, 0.2) is 21.1 Å². The second kappa shape index (κ2) is 6.33. The van der Waals surface area contributed by atoms with E-state index in [1.807, 2.05) is 6.92 Å². The van der Waals surface area contributed by atoms with Crippen molar-refractivity contribution in [2.45, 2.75) is 19.8 Å². The van der Waals surface area contributed by atoms with Crippen molar-refractivity contribution in [1.82, 2.24) is 0 Å². The number of carboxylic acid groups (broad SMARTS) is 1. The summed E-state index contributed by atoms with van der Waals surface area (Å²) in [7, 11) is 0. The van der Waals surface area contributed by atoms with Crippen LogP contribution in [0, 0.1) is 6.92 Å². The minimum Gasteiger partial charge on any atom is -0.480 e. The van der Waals surface area contributed by atoms with Crippen molar-refractivity contribution < 1.29 is 19.4 Å². The zero-order valence-corrected chi connectivity index (χ0v) is 13.0. The maximum atomic E-state index is 11.7. The zero-order valence-electron chi connectivity index (χ0n) is 9.87. The molecule has 18 heavy (non-hydrogen) atoms. The standard InChI is InChI=1S/C12H12Br2O4/c1-3-18-12(17)10(11(15)16)9-7(13)4-6(2)5-8(9)14/h4-5,10H,3H2,1-2H3,(H,15,16). The van der Waals surface area contributed by atoms with Gasteiger partial charge in [-0.2, -0.15) is 0 Å². The minimum absolute atomic E-state index is 0.143. The summed E-state index contributed by atoms with van der Waals surface area (Å²) in [6.45, 7) is 3.65. The van der Waals surface area contributed by atoms with Crippen LogP contribution < -0.4 is 0 Å². The van der Waals surface area contributed by atoms with Crippen molar-refractivity contribution in [2.24, 2.45) is 0 Å². The molecule has 0 radical (unpaired) electrons. The maximum absolute atomic E-state index is 11.7. The number of carboxylic acids is 1. The summed E-state index contributed by atoms with van der Waals surface area (Å²) in [5.74, 6) is -3.34. The Balaban J connectivity index is 3.31. The molecule has 98 valence electrons. The summed E-state index contributed by atoms with van der Waals surface area (Å²) in [5, 5.41) is 9.20. The number of rotatable bonds is 4. The first-order valence-corrected chi connectivity index (χ1v) is 6.82. The molecule has 0 amide bonds. The first-order valence-electron chi connectivity index (χ1n) is 5.23. The Hall–Kier alpha value is -0.880. The van der Waals surface area contributed by atoms with Crippen LogP contribution >= 0.6 is 31.9 Å². The Morgan fingerprint density at radius 1 is 1.33 bits per heavy atom. The number of esters is 1. The number of carbonyl (C=O) groups excluding carboxylic acids is 1. The predicted octanol–water partition coefficient (Wildman–Crippen LogP) is 3.25. The van der Waals surface area contributed by atoms with Crippen molar-refractivity contribution in [1.29, 1.82) is 0 Å². The summed E-state index contributed by atoms with van der Waals surface area (Å²) in [5.41, 5.74) is 1.32. The number of benzene rings is 1. The second-order valence-corrected chi connectivity index (χ2v) is 5.37. The van der Waals surface area contributed by atoms with Gasteiger partial charge in [-0.3, -0.25) is 9.59 Å². The average Bonchev–Trinajstić information content (AvgIpc) is 2.22. The summed E-state index contributed by atoms with van der Waals surface area (Å²) < 4.78 is 5.93. The molecule has 0 fully saturated rings. The number of hydrogen-bond donors (Lipinski definition) is 1. The molecule has 6 heteroatoms. The molecule has 0 aliphatic carbocycles. The average molecular weight is 380 g/mol. The van der Waals surface area contributed by atoms with Gasteiger partial charge in [-0.15, -0.1) is 0 Å². The normalized spacial score (nSPS) is 12.0. The van der Waals surface area contributed by atoms with Crippen molar-refractivity contribution in [3.05, 3.63) is 32.2 Å². The van der Waals surface area contributed by atoms with Crippen LogP contribution in [0.25, 0.3) is 0 Å². The fourth-order valence-electron chi connectivity index (χ4n) is 1.55. The van der Waals surface area contributed by atoms with Crippen molar-refractivity contribution >= 4 is 43.8 Å². The summed E-state index contributed by atoms with van der Waals surface area (Å²) in [6, 6.07) is 3.52. The summed E-state index contributed by atoms with van der Waals surface area (Å²) in [4.78, 5) is 23.0. The van der Waals surface area contributed by atoms with Crippen LogP contribution in [0.1, 0.15) is 24.0 Å². The van der Waals surface area contributed by atoms with E-state index < -0.39 is 17.9 Å². The Bertz CT molecular complexity index is 462. The molecule has 0 spiro atoms. The van der Waals surface area contributed by atoms with Gasteiger partial charge in [-0.05, 0) is 31.5 Å². The second-order valence-electron chi connectivity index (χ2n) is 3.67. The molecule has 1 rings (SSSR count). The van der Waals surface area contributed by atoms with E-state index in [1.54, 1.807) is 19.1 Å². The quantitative estimate of drug-likeness (QED) is 0.644. The van der Waals surface area contributed by atoms with Crippen LogP contribution in [-0.2, 0) is 14.3 Å². The highest BCUT2D eigenvalue weighted by Gasteiger charge is 2.33. The maximum Gasteiger partial charge on any atom is 0.324 e. The molecule has 1 N–H and O–H groups in total. The van der Waals surface area contributed by atoms with Crippen LogP contribution in [0.5, 0.6) is 0 Å². The largest absolute Gasteiger partial charge is 0.480 e. The topological polar surface area (TPSA) is 63.6 Å². The SMILES string of the molecule is CCOC(=O)C(C(=O)O)c1c(Br)cc(C)cc1Br. The molecule has 1 aromatic carbocycles. The van der Waals surface area contributed by atoms with Crippen molar-refractivity contribution in [3.63, 3.8) is 0 Å². The lowest BCUT2D eigenvalue weighted by molar-refractivity contribution is -0.153. The number of carbonyl (C=O) groups is 2. The fourth-order valence-corrected chi connectivity index (χ4v) is 3.43. The molecule has 0 aliphatic heterocycles. The highest BCUT2D eigenvalue weighted by atomic mass is 79.9. The monoisotopic (exact) mass is 378 g/mol. The lowest BCUT2D eigenvalue weighted by atomic mass is 9.98. The molecule has 0 bridgehead atoms. The van der Waals surface area contributed by atoms with E-state index in [4.69, 9.17) is 4.74 Å². The highest BCUT2D eigenvalue weighted by molar-refractivity contribution is 9.11. The van der Waals surface area contributed by atoms with Gasteiger partial charge >= 0.3 is 11.9 Å². The first kappa shape index (κ1) is 15.2. The zero-order chi connectivity index (χ0) is 13.9. The molecule has 1 unspecified atom stereocenters. The number of hydrogen-bond acceptors (Lipinski definition) is 3. The Morgan fingerprint density at radius 2 is 1.83 bits per heavy atom. The molecule has 1 atom stereocenters. The van der Waals surface area contributed by atoms with E-state index in [-0.39, 0.29) is 6.61 Å². The molecular formula is C12H12Br2O4. The molecular weight excluding hydrogens is 368 g/mol. The van der Waals surface area contributed by atoms with Gasteiger partial charge in [-0.25, -0.2) is 0 Å². The molecule has 0 saturated heterocycles. The van der Waals surface area contributed by atoms with E-state index in [0.717, 1.165) is 5.56 Å². The third kappa shape index (κ3) is 3.32. The number of halogens is 2. The Morgan fingerprint density at radius 3 is 2.22 bits per heavy atom. The molecule has 4 nitrogen and oxygen atoms in total. The van der Waals surface area contributed by atoms with Crippen LogP contribution in [-0.4, -0.2) is 23.7 Å². The smallest absolute Gasteiger partial charge is 0.324 e. The van der Waals surface area contributed by atoms with Gasteiger partial charge in [0.2, 0.25) is 0 Å². The Kier molecular flexibility index (Phi) is 5.34. The lowest BCUT2D eigenvalue weighted by Gasteiger charge is -2.15. The van der Waals surface area contributed by atoms with Gasteiger partial charge in [0, 0.05) is 14.5 Å². The third-order valence-electron chi connectivity index (χ3n) is 2.28. The molecule has 0 aromatic heterocycles. The molecule has 0 saturated carbocycles. The number of aryl methyl sites for hydroxylation is 1. The molecule has 1 aromatic rings. The van der Waals surface area contributed by atoms with E-state index >= 15 is 0 Å². The first-order chi connectivity index (χ1) is 8.38. The predicted molar refractivity (Wildman–Crippen MR) is 73.6 cm³/mol. The van der Waals surface area contributed by atoms with Crippen molar-refractivity contribution in [2.75, 3.05) is 6.61 Å². The highest BCUT2D eigenvalue weighted by Crippen LogP contribution is 2.34.